The largest absolute Gasteiger partial charge is 0.375 e. The van der Waals surface area contributed by atoms with Crippen LogP contribution < -0.4 is 0 Å². The Hall–Kier alpha value is -1.67. The third-order valence-electron chi connectivity index (χ3n) is 6.59. The molecule has 26 heavy (non-hydrogen) atoms. The number of benzene rings is 1. The molecule has 0 radical (unpaired) electrons. The van der Waals surface area contributed by atoms with Gasteiger partial charge < -0.3 is 4.74 Å². The van der Waals surface area contributed by atoms with Gasteiger partial charge in [-0.3, -0.25) is 4.98 Å². The third kappa shape index (κ3) is 3.86. The first-order valence-corrected chi connectivity index (χ1v) is 10.4. The molecular weight excluding hydrogens is 318 g/mol. The Morgan fingerprint density at radius 2 is 1.69 bits per heavy atom. The number of aryl methyl sites for hydroxylation is 1. The van der Waals surface area contributed by atoms with Crippen molar-refractivity contribution >= 4 is 0 Å². The maximum absolute atomic E-state index is 6.35. The Morgan fingerprint density at radius 3 is 2.46 bits per heavy atom. The summed E-state index contributed by atoms with van der Waals surface area (Å²) in [5.74, 6) is 0. The number of hydrogen-bond donors (Lipinski definition) is 0. The molecule has 4 rings (SSSR count). The van der Waals surface area contributed by atoms with Crippen LogP contribution in [0.3, 0.4) is 0 Å². The minimum Gasteiger partial charge on any atom is -0.375 e. The molecule has 1 spiro atoms. The summed E-state index contributed by atoms with van der Waals surface area (Å²) < 4.78 is 6.35. The summed E-state index contributed by atoms with van der Waals surface area (Å²) in [5, 5.41) is 0. The molecule has 2 fully saturated rings. The van der Waals surface area contributed by atoms with E-state index in [4.69, 9.17) is 9.72 Å². The fourth-order valence-corrected chi connectivity index (χ4v) is 5.23. The van der Waals surface area contributed by atoms with Gasteiger partial charge in [0.25, 0.3) is 0 Å². The fourth-order valence-electron chi connectivity index (χ4n) is 5.23. The van der Waals surface area contributed by atoms with Gasteiger partial charge >= 0.3 is 0 Å². The molecule has 1 aliphatic carbocycles. The summed E-state index contributed by atoms with van der Waals surface area (Å²) in [7, 11) is 0. The van der Waals surface area contributed by atoms with Crippen molar-refractivity contribution in [3.63, 3.8) is 0 Å². The second-order valence-electron chi connectivity index (χ2n) is 8.35. The van der Waals surface area contributed by atoms with E-state index in [1.807, 2.05) is 12.3 Å². The van der Waals surface area contributed by atoms with Crippen LogP contribution in [0.1, 0.15) is 69.0 Å². The summed E-state index contributed by atoms with van der Waals surface area (Å²) in [6.45, 7) is 0.898. The normalized spacial score (nSPS) is 24.8. The van der Waals surface area contributed by atoms with Gasteiger partial charge in [-0.1, -0.05) is 55.7 Å². The molecule has 0 N–H and O–H groups in total. The van der Waals surface area contributed by atoms with Gasteiger partial charge in [0.15, 0.2) is 0 Å². The fraction of sp³-hybridized carbons (Fsp3) is 0.542. The van der Waals surface area contributed by atoms with E-state index < -0.39 is 0 Å². The maximum atomic E-state index is 6.35. The van der Waals surface area contributed by atoms with E-state index >= 15 is 0 Å². The Balaban J connectivity index is 1.46. The van der Waals surface area contributed by atoms with Gasteiger partial charge in [0.2, 0.25) is 0 Å². The topological polar surface area (TPSA) is 22.1 Å². The molecule has 1 atom stereocenters. The third-order valence-corrected chi connectivity index (χ3v) is 6.59. The molecule has 1 aromatic heterocycles. The molecule has 0 amide bonds. The minimum absolute atomic E-state index is 0.134. The number of rotatable bonds is 6. The van der Waals surface area contributed by atoms with Gasteiger partial charge in [-0.15, -0.1) is 0 Å². The average molecular weight is 350 g/mol. The zero-order valence-corrected chi connectivity index (χ0v) is 15.8. The molecular formula is C24H31NO. The highest BCUT2D eigenvalue weighted by atomic mass is 16.5. The van der Waals surface area contributed by atoms with E-state index in [0.29, 0.717) is 0 Å². The standard InChI is InChI=1S/C24H31NO/c1-2-10-21(11-3-1)12-4-6-14-23(22-13-5-9-18-25-22)17-19-26-24(20-23)15-7-8-16-24/h1-3,5,9-11,13,18H,4,6-8,12,14-17,19-20H2/t23-/m1/s1. The van der Waals surface area contributed by atoms with Crippen LogP contribution in [0.5, 0.6) is 0 Å². The number of hydrogen-bond acceptors (Lipinski definition) is 2. The monoisotopic (exact) mass is 349 g/mol. The summed E-state index contributed by atoms with van der Waals surface area (Å²) >= 11 is 0. The molecule has 2 heterocycles. The van der Waals surface area contributed by atoms with Gasteiger partial charge in [-0.2, -0.15) is 0 Å². The van der Waals surface area contributed by atoms with Crippen molar-refractivity contribution in [2.45, 2.75) is 75.2 Å². The van der Waals surface area contributed by atoms with Crippen molar-refractivity contribution in [3.8, 4) is 0 Å². The molecule has 2 heteroatoms. The zero-order valence-electron chi connectivity index (χ0n) is 15.8. The molecule has 138 valence electrons. The predicted octanol–water partition coefficient (Wildman–Crippen LogP) is 5.86. The first kappa shape index (κ1) is 17.7. The van der Waals surface area contributed by atoms with Gasteiger partial charge in [-0.05, 0) is 62.6 Å². The van der Waals surface area contributed by atoms with E-state index in [-0.39, 0.29) is 11.0 Å². The molecule has 1 aromatic carbocycles. The Bertz CT molecular complexity index is 678. The highest BCUT2D eigenvalue weighted by Crippen LogP contribution is 2.50. The molecule has 2 nitrogen and oxygen atoms in total. The SMILES string of the molecule is c1ccc(CCCC[C@@]2(c3ccccn3)CCOC3(CCCC3)C2)cc1. The lowest BCUT2D eigenvalue weighted by Gasteiger charge is -2.46. The summed E-state index contributed by atoms with van der Waals surface area (Å²) in [6, 6.07) is 17.3. The molecule has 2 aliphatic rings. The summed E-state index contributed by atoms with van der Waals surface area (Å²) in [6.07, 6.45) is 14.3. The minimum atomic E-state index is 0.134. The Kier molecular flexibility index (Phi) is 5.40. The van der Waals surface area contributed by atoms with E-state index in [0.717, 1.165) is 13.0 Å². The highest BCUT2D eigenvalue weighted by Gasteiger charge is 2.48. The van der Waals surface area contributed by atoms with Crippen LogP contribution in [0.2, 0.25) is 0 Å². The van der Waals surface area contributed by atoms with Gasteiger partial charge in [0.05, 0.1) is 5.60 Å². The smallest absolute Gasteiger partial charge is 0.0691 e. The number of unbranched alkanes of at least 4 members (excludes halogenated alkanes) is 1. The number of ether oxygens (including phenoxy) is 1. The highest BCUT2D eigenvalue weighted by molar-refractivity contribution is 5.21. The van der Waals surface area contributed by atoms with Crippen LogP contribution >= 0.6 is 0 Å². The maximum Gasteiger partial charge on any atom is 0.0691 e. The van der Waals surface area contributed by atoms with Gasteiger partial charge in [0, 0.05) is 23.9 Å². The van der Waals surface area contributed by atoms with Crippen LogP contribution in [0, 0.1) is 0 Å². The lowest BCUT2D eigenvalue weighted by molar-refractivity contribution is -0.104. The second-order valence-corrected chi connectivity index (χ2v) is 8.35. The molecule has 1 aliphatic heterocycles. The van der Waals surface area contributed by atoms with Crippen molar-refractivity contribution in [1.82, 2.24) is 4.98 Å². The molecule has 1 saturated heterocycles. The predicted molar refractivity (Wildman–Crippen MR) is 106 cm³/mol. The lowest BCUT2D eigenvalue weighted by atomic mass is 9.67. The van der Waals surface area contributed by atoms with Crippen LogP contribution in [0.15, 0.2) is 54.7 Å². The van der Waals surface area contributed by atoms with Crippen LogP contribution in [-0.4, -0.2) is 17.2 Å². The summed E-state index contributed by atoms with van der Waals surface area (Å²) in [4.78, 5) is 4.81. The molecule has 2 aromatic rings. The van der Waals surface area contributed by atoms with Crippen molar-refractivity contribution in [2.24, 2.45) is 0 Å². The number of aromatic nitrogens is 1. The first-order valence-electron chi connectivity index (χ1n) is 10.4. The Labute approximate surface area is 158 Å². The van der Waals surface area contributed by atoms with Crippen LogP contribution in [-0.2, 0) is 16.6 Å². The number of pyridine rings is 1. The van der Waals surface area contributed by atoms with Crippen molar-refractivity contribution in [2.75, 3.05) is 6.61 Å². The van der Waals surface area contributed by atoms with Gasteiger partial charge in [0.1, 0.15) is 0 Å². The molecule has 0 unspecified atom stereocenters. The number of nitrogens with zero attached hydrogens (tertiary/aromatic N) is 1. The van der Waals surface area contributed by atoms with Crippen molar-refractivity contribution in [1.29, 1.82) is 0 Å². The average Bonchev–Trinajstić information content (AvgIpc) is 3.14. The van der Waals surface area contributed by atoms with Crippen molar-refractivity contribution < 1.29 is 4.74 Å². The molecule has 0 bridgehead atoms. The second kappa shape index (κ2) is 7.92. The van der Waals surface area contributed by atoms with Crippen LogP contribution in [0.25, 0.3) is 0 Å². The zero-order chi connectivity index (χ0) is 17.7. The summed E-state index contributed by atoms with van der Waals surface area (Å²) in [5.41, 5.74) is 3.10. The molecule has 1 saturated carbocycles. The lowest BCUT2D eigenvalue weighted by Crippen LogP contribution is -2.46. The van der Waals surface area contributed by atoms with Gasteiger partial charge in [-0.25, -0.2) is 0 Å². The van der Waals surface area contributed by atoms with E-state index in [2.05, 4.69) is 42.5 Å². The van der Waals surface area contributed by atoms with Crippen molar-refractivity contribution in [3.05, 3.63) is 66.0 Å². The Morgan fingerprint density at radius 1 is 0.885 bits per heavy atom. The van der Waals surface area contributed by atoms with E-state index in [9.17, 15) is 0 Å². The quantitative estimate of drug-likeness (QED) is 0.610. The first-order chi connectivity index (χ1) is 12.8. The van der Waals surface area contributed by atoms with E-state index in [1.165, 1.54) is 69.0 Å². The van der Waals surface area contributed by atoms with E-state index in [1.54, 1.807) is 0 Å². The van der Waals surface area contributed by atoms with Crippen LogP contribution in [0.4, 0.5) is 0 Å².